The monoisotopic (exact) mass is 410 g/mol. The molecule has 0 saturated carbocycles. The van der Waals surface area contributed by atoms with Gasteiger partial charge in [0.15, 0.2) is 11.3 Å². The summed E-state index contributed by atoms with van der Waals surface area (Å²) < 4.78 is 53.8. The number of alkyl halides is 3. The molecule has 0 spiro atoms. The molecule has 3 nitrogen and oxygen atoms in total. The summed E-state index contributed by atoms with van der Waals surface area (Å²) in [6.45, 7) is 7.85. The van der Waals surface area contributed by atoms with Gasteiger partial charge < -0.3 is 10.2 Å². The van der Waals surface area contributed by atoms with E-state index < -0.39 is 39.5 Å². The first-order chi connectivity index (χ1) is 11.7. The highest BCUT2D eigenvalue weighted by atomic mass is 35.5. The molecule has 1 aromatic rings. The van der Waals surface area contributed by atoms with Gasteiger partial charge in [0.25, 0.3) is 5.91 Å². The fraction of sp³-hybridized carbons (Fsp3) is 0.471. The lowest BCUT2D eigenvalue weighted by atomic mass is 9.95. The first-order valence-corrected chi connectivity index (χ1v) is 8.97. The third kappa shape index (κ3) is 3.96. The lowest BCUT2D eigenvalue weighted by Crippen LogP contribution is -2.41. The Labute approximate surface area is 158 Å². The average Bonchev–Trinajstić information content (AvgIpc) is 2.76. The summed E-state index contributed by atoms with van der Waals surface area (Å²) in [5.74, 6) is -2.55. The van der Waals surface area contributed by atoms with Crippen LogP contribution < -0.4 is 5.32 Å². The summed E-state index contributed by atoms with van der Waals surface area (Å²) in [5.41, 5.74) is -2.39. The third-order valence-electron chi connectivity index (χ3n) is 4.00. The predicted octanol–water partition coefficient (Wildman–Crippen LogP) is 5.47. The van der Waals surface area contributed by atoms with Crippen molar-refractivity contribution < 1.29 is 22.4 Å². The van der Waals surface area contributed by atoms with Gasteiger partial charge >= 0.3 is 6.18 Å². The summed E-state index contributed by atoms with van der Waals surface area (Å²) >= 11 is 6.90. The fourth-order valence-corrected chi connectivity index (χ4v) is 4.18. The smallest absolute Gasteiger partial charge is 0.349 e. The van der Waals surface area contributed by atoms with E-state index in [0.29, 0.717) is 6.07 Å². The second kappa shape index (κ2) is 6.96. The summed E-state index contributed by atoms with van der Waals surface area (Å²) in [7, 11) is 1.71. The maximum atomic E-state index is 14.2. The number of hydrogen-bond acceptors (Lipinski definition) is 3. The third-order valence-corrected chi connectivity index (χ3v) is 6.09. The van der Waals surface area contributed by atoms with Crippen LogP contribution in [0.3, 0.4) is 0 Å². The second-order valence-electron chi connectivity index (χ2n) is 7.00. The highest BCUT2D eigenvalue weighted by Crippen LogP contribution is 2.45. The molecule has 1 aromatic carbocycles. The van der Waals surface area contributed by atoms with Crippen molar-refractivity contribution in [2.75, 3.05) is 7.05 Å². The molecule has 0 radical (unpaired) electrons. The van der Waals surface area contributed by atoms with Gasteiger partial charge in [0.2, 0.25) is 0 Å². The van der Waals surface area contributed by atoms with Gasteiger partial charge in [-0.3, -0.25) is 4.79 Å². The predicted molar refractivity (Wildman–Crippen MR) is 95.2 cm³/mol. The zero-order valence-electron chi connectivity index (χ0n) is 14.9. The number of benzene rings is 1. The Bertz CT molecular complexity index is 771. The zero-order valence-corrected chi connectivity index (χ0v) is 16.5. The molecule has 0 fully saturated rings. The molecule has 1 heterocycles. The van der Waals surface area contributed by atoms with E-state index in [1.54, 1.807) is 11.9 Å². The molecular weight excluding hydrogens is 392 g/mol. The van der Waals surface area contributed by atoms with Gasteiger partial charge in [0.1, 0.15) is 0 Å². The first-order valence-electron chi connectivity index (χ1n) is 7.72. The number of carbonyl (C=O) groups excluding carboxylic acids is 1. The van der Waals surface area contributed by atoms with E-state index in [0.717, 1.165) is 16.7 Å². The highest BCUT2D eigenvalue weighted by Gasteiger charge is 2.40. The van der Waals surface area contributed by atoms with Crippen LogP contribution in [0.4, 0.5) is 17.6 Å². The van der Waals surface area contributed by atoms with E-state index in [4.69, 9.17) is 11.6 Å². The van der Waals surface area contributed by atoms with Gasteiger partial charge in [-0.15, -0.1) is 0 Å². The number of thioether (sulfide) groups is 1. The largest absolute Gasteiger partial charge is 0.417 e. The number of nitrogens with one attached hydrogen (secondary N) is 1. The van der Waals surface area contributed by atoms with Crippen LogP contribution in [0.15, 0.2) is 22.7 Å². The molecule has 1 aliphatic heterocycles. The standard InChI is InChI=1S/C17H19ClF4N2OS/c1-8-13(16(2,3)4)26-15(24(8)5)23-14(25)11-9(17(20,21)22)6-7-10(18)12(11)19/h6-7,15H,1-5H3,(H,23,25). The molecular formula is C17H19ClF4N2OS. The molecule has 1 aliphatic rings. The van der Waals surface area contributed by atoms with Gasteiger partial charge in [0, 0.05) is 17.6 Å². The molecule has 9 heteroatoms. The quantitative estimate of drug-likeness (QED) is 0.656. The minimum absolute atomic E-state index is 0.194. The maximum Gasteiger partial charge on any atom is 0.417 e. The second-order valence-corrected chi connectivity index (χ2v) is 8.50. The Morgan fingerprint density at radius 3 is 2.31 bits per heavy atom. The molecule has 1 amide bonds. The number of amides is 1. The van der Waals surface area contributed by atoms with E-state index in [-0.39, 0.29) is 5.41 Å². The van der Waals surface area contributed by atoms with Crippen molar-refractivity contribution in [3.05, 3.63) is 44.7 Å². The lowest BCUT2D eigenvalue weighted by Gasteiger charge is -2.24. The summed E-state index contributed by atoms with van der Waals surface area (Å²) in [5, 5.41) is 1.93. The van der Waals surface area contributed by atoms with Crippen molar-refractivity contribution in [1.82, 2.24) is 10.2 Å². The van der Waals surface area contributed by atoms with Crippen molar-refractivity contribution in [2.45, 2.75) is 39.4 Å². The number of rotatable bonds is 2. The van der Waals surface area contributed by atoms with Gasteiger partial charge in [-0.1, -0.05) is 44.1 Å². The molecule has 0 saturated heterocycles. The number of carbonyl (C=O) groups is 1. The van der Waals surface area contributed by atoms with Crippen molar-refractivity contribution >= 4 is 29.3 Å². The first kappa shape index (κ1) is 20.9. The minimum Gasteiger partial charge on any atom is -0.349 e. The highest BCUT2D eigenvalue weighted by molar-refractivity contribution is 8.03. The Morgan fingerprint density at radius 1 is 1.27 bits per heavy atom. The van der Waals surface area contributed by atoms with Gasteiger partial charge in [0.05, 0.1) is 16.1 Å². The van der Waals surface area contributed by atoms with E-state index in [9.17, 15) is 22.4 Å². The van der Waals surface area contributed by atoms with E-state index in [2.05, 4.69) is 5.32 Å². The van der Waals surface area contributed by atoms with Crippen LogP contribution in [0.5, 0.6) is 0 Å². The average molecular weight is 411 g/mol. The van der Waals surface area contributed by atoms with E-state index in [1.165, 1.54) is 11.8 Å². The van der Waals surface area contributed by atoms with Gasteiger partial charge in [-0.25, -0.2) is 4.39 Å². The van der Waals surface area contributed by atoms with Crippen molar-refractivity contribution in [2.24, 2.45) is 5.41 Å². The van der Waals surface area contributed by atoms with Crippen LogP contribution >= 0.6 is 23.4 Å². The molecule has 144 valence electrons. The topological polar surface area (TPSA) is 32.3 Å². The summed E-state index contributed by atoms with van der Waals surface area (Å²) in [6, 6.07) is 1.40. The molecule has 0 bridgehead atoms. The number of nitrogens with zero attached hydrogens (tertiary/aromatic N) is 1. The molecule has 0 aromatic heterocycles. The number of hydrogen-bond donors (Lipinski definition) is 1. The number of allylic oxidation sites excluding steroid dienone is 2. The molecule has 1 N–H and O–H groups in total. The SMILES string of the molecule is CC1=C(C(C)(C)C)SC(NC(=O)c2c(C(F)(F)F)ccc(Cl)c2F)N1C. The normalized spacial score (nSPS) is 18.5. The lowest BCUT2D eigenvalue weighted by molar-refractivity contribution is -0.138. The Kier molecular flexibility index (Phi) is 5.59. The molecule has 2 rings (SSSR count). The molecule has 1 unspecified atom stereocenters. The van der Waals surface area contributed by atoms with Crippen LogP contribution in [0.2, 0.25) is 5.02 Å². The van der Waals surface area contributed by atoms with Crippen molar-refractivity contribution in [3.8, 4) is 0 Å². The van der Waals surface area contributed by atoms with Crippen LogP contribution in [0.25, 0.3) is 0 Å². The van der Waals surface area contributed by atoms with Crippen LogP contribution in [-0.2, 0) is 6.18 Å². The number of halogens is 5. The minimum atomic E-state index is -4.88. The summed E-state index contributed by atoms with van der Waals surface area (Å²) in [6.07, 6.45) is -4.88. The molecule has 26 heavy (non-hydrogen) atoms. The maximum absolute atomic E-state index is 14.2. The van der Waals surface area contributed by atoms with Gasteiger partial charge in [-0.2, -0.15) is 13.2 Å². The Morgan fingerprint density at radius 2 is 1.85 bits per heavy atom. The van der Waals surface area contributed by atoms with Crippen LogP contribution in [0.1, 0.15) is 43.6 Å². The van der Waals surface area contributed by atoms with Crippen LogP contribution in [0, 0.1) is 11.2 Å². The van der Waals surface area contributed by atoms with Gasteiger partial charge in [-0.05, 0) is 24.5 Å². The molecule has 0 aliphatic carbocycles. The zero-order chi connectivity index (χ0) is 20.0. The van der Waals surface area contributed by atoms with E-state index in [1.807, 2.05) is 27.7 Å². The Hall–Kier alpha value is -1.41. The summed E-state index contributed by atoms with van der Waals surface area (Å²) in [4.78, 5) is 15.2. The fourth-order valence-electron chi connectivity index (χ4n) is 2.65. The van der Waals surface area contributed by atoms with Crippen molar-refractivity contribution in [3.63, 3.8) is 0 Å². The van der Waals surface area contributed by atoms with Crippen molar-refractivity contribution in [1.29, 1.82) is 0 Å². The Balaban J connectivity index is 2.35. The van der Waals surface area contributed by atoms with E-state index >= 15 is 0 Å². The van der Waals surface area contributed by atoms with Crippen LogP contribution in [-0.4, -0.2) is 23.4 Å². The molecule has 1 atom stereocenters.